The molecular formula is C10H25NO4S. The Kier molecular flexibility index (Phi) is 10.2. The van der Waals surface area contributed by atoms with E-state index in [0.29, 0.717) is 0 Å². The summed E-state index contributed by atoms with van der Waals surface area (Å²) in [7, 11) is -2.53. The van der Waals surface area contributed by atoms with Crippen LogP contribution in [0.25, 0.3) is 0 Å². The zero-order valence-electron chi connectivity index (χ0n) is 10.8. The Morgan fingerprint density at radius 2 is 1.19 bits per heavy atom. The van der Waals surface area contributed by atoms with Crippen LogP contribution in [0.3, 0.4) is 0 Å². The minimum Gasteiger partial charge on any atom is -0.726 e. The highest BCUT2D eigenvalue weighted by Crippen LogP contribution is 2.06. The van der Waals surface area contributed by atoms with E-state index in [1.807, 2.05) is 0 Å². The van der Waals surface area contributed by atoms with E-state index >= 15 is 0 Å². The van der Waals surface area contributed by atoms with Crippen molar-refractivity contribution < 1.29 is 22.0 Å². The van der Waals surface area contributed by atoms with E-state index in [9.17, 15) is 0 Å². The third-order valence-electron chi connectivity index (χ3n) is 2.29. The molecule has 0 rings (SSSR count). The molecular weight excluding hydrogens is 230 g/mol. The summed E-state index contributed by atoms with van der Waals surface area (Å²) < 4.78 is 34.1. The molecule has 100 valence electrons. The van der Waals surface area contributed by atoms with Crippen molar-refractivity contribution >= 4 is 10.4 Å². The van der Waals surface area contributed by atoms with E-state index in [1.165, 1.54) is 43.4 Å². The zero-order chi connectivity index (χ0) is 13.2. The highest BCUT2D eigenvalue weighted by molar-refractivity contribution is 7.79. The Balaban J connectivity index is 0. The van der Waals surface area contributed by atoms with Crippen LogP contribution in [-0.4, -0.2) is 48.7 Å². The fraction of sp³-hybridized carbons (Fsp3) is 1.00. The molecule has 0 bridgehead atoms. The molecule has 0 aromatic carbocycles. The first-order valence-electron chi connectivity index (χ1n) is 5.70. The lowest BCUT2D eigenvalue weighted by molar-refractivity contribution is -0.909. The SMILES string of the molecule is CCC[N+](C)(CCC)CCC.O=S(=O)([O-])O. The van der Waals surface area contributed by atoms with Crippen molar-refractivity contribution in [2.24, 2.45) is 0 Å². The maximum atomic E-state index is 8.63. The van der Waals surface area contributed by atoms with Gasteiger partial charge in [0.15, 0.2) is 0 Å². The van der Waals surface area contributed by atoms with Gasteiger partial charge in [0.2, 0.25) is 10.4 Å². The minimum absolute atomic E-state index is 1.28. The van der Waals surface area contributed by atoms with E-state index in [-0.39, 0.29) is 0 Å². The number of hydrogen-bond donors (Lipinski definition) is 1. The van der Waals surface area contributed by atoms with Crippen LogP contribution < -0.4 is 0 Å². The average Bonchev–Trinajstić information content (AvgIpc) is 2.01. The maximum absolute atomic E-state index is 8.63. The van der Waals surface area contributed by atoms with Crippen molar-refractivity contribution in [2.75, 3.05) is 26.7 Å². The molecule has 1 N–H and O–H groups in total. The Morgan fingerprint density at radius 3 is 1.31 bits per heavy atom. The topological polar surface area (TPSA) is 77.4 Å². The van der Waals surface area contributed by atoms with Gasteiger partial charge in [-0.25, -0.2) is 8.42 Å². The number of rotatable bonds is 6. The lowest BCUT2D eigenvalue weighted by Crippen LogP contribution is -2.45. The third kappa shape index (κ3) is 16.3. The van der Waals surface area contributed by atoms with Crippen molar-refractivity contribution in [3.63, 3.8) is 0 Å². The van der Waals surface area contributed by atoms with Gasteiger partial charge in [-0.2, -0.15) is 0 Å². The lowest BCUT2D eigenvalue weighted by atomic mass is 10.2. The predicted molar refractivity (Wildman–Crippen MR) is 64.0 cm³/mol. The molecule has 0 heterocycles. The normalized spacial score (nSPS) is 11.9. The smallest absolute Gasteiger partial charge is 0.215 e. The van der Waals surface area contributed by atoms with Crippen LogP contribution in [0.15, 0.2) is 0 Å². The highest BCUT2D eigenvalue weighted by Gasteiger charge is 2.16. The van der Waals surface area contributed by atoms with E-state index in [0.717, 1.165) is 0 Å². The van der Waals surface area contributed by atoms with Gasteiger partial charge >= 0.3 is 0 Å². The summed E-state index contributed by atoms with van der Waals surface area (Å²) in [5.41, 5.74) is 0. The summed E-state index contributed by atoms with van der Waals surface area (Å²) in [6.45, 7) is 10.9. The minimum atomic E-state index is -4.92. The average molecular weight is 255 g/mol. The van der Waals surface area contributed by atoms with Gasteiger partial charge in [-0.3, -0.25) is 4.55 Å². The van der Waals surface area contributed by atoms with E-state index < -0.39 is 10.4 Å². The van der Waals surface area contributed by atoms with Crippen molar-refractivity contribution in [2.45, 2.75) is 40.0 Å². The second-order valence-corrected chi connectivity index (χ2v) is 5.07. The van der Waals surface area contributed by atoms with Crippen molar-refractivity contribution in [1.29, 1.82) is 0 Å². The number of quaternary nitrogens is 1. The molecule has 16 heavy (non-hydrogen) atoms. The predicted octanol–water partition coefficient (Wildman–Crippen LogP) is 1.67. The summed E-state index contributed by atoms with van der Waals surface area (Å²) in [6.07, 6.45) is 3.95. The molecule has 0 saturated carbocycles. The molecule has 0 fully saturated rings. The summed E-state index contributed by atoms with van der Waals surface area (Å²) in [4.78, 5) is 0. The maximum Gasteiger partial charge on any atom is 0.215 e. The van der Waals surface area contributed by atoms with E-state index in [1.54, 1.807) is 0 Å². The molecule has 0 radical (unpaired) electrons. The van der Waals surface area contributed by atoms with Crippen molar-refractivity contribution in [3.8, 4) is 0 Å². The van der Waals surface area contributed by atoms with Crippen LogP contribution in [0.5, 0.6) is 0 Å². The Labute approximate surface area is 99.6 Å². The fourth-order valence-corrected chi connectivity index (χ4v) is 1.95. The quantitative estimate of drug-likeness (QED) is 0.445. The molecule has 0 aromatic rings. The van der Waals surface area contributed by atoms with Gasteiger partial charge in [-0.05, 0) is 19.3 Å². The molecule has 0 aliphatic heterocycles. The molecule has 0 amide bonds. The second kappa shape index (κ2) is 8.92. The van der Waals surface area contributed by atoms with Gasteiger partial charge < -0.3 is 9.04 Å². The molecule has 0 aromatic heterocycles. The van der Waals surface area contributed by atoms with E-state index in [4.69, 9.17) is 17.5 Å². The van der Waals surface area contributed by atoms with Crippen LogP contribution in [0.1, 0.15) is 40.0 Å². The second-order valence-electron chi connectivity index (χ2n) is 4.22. The fourth-order valence-electron chi connectivity index (χ4n) is 1.95. The largest absolute Gasteiger partial charge is 0.726 e. The van der Waals surface area contributed by atoms with Crippen LogP contribution in [0.2, 0.25) is 0 Å². The number of nitrogens with zero attached hydrogens (tertiary/aromatic N) is 1. The molecule has 0 spiro atoms. The third-order valence-corrected chi connectivity index (χ3v) is 2.29. The highest BCUT2D eigenvalue weighted by atomic mass is 32.3. The monoisotopic (exact) mass is 255 g/mol. The van der Waals surface area contributed by atoms with Crippen LogP contribution in [0, 0.1) is 0 Å². The standard InChI is InChI=1S/C10H24N.H2O4S/c1-5-8-11(4,9-6-2)10-7-3;1-5(2,3)4/h5-10H2,1-4H3;(H2,1,2,3,4)/q+1;/p-1. The lowest BCUT2D eigenvalue weighted by Gasteiger charge is -2.33. The van der Waals surface area contributed by atoms with Gasteiger partial charge in [-0.1, -0.05) is 20.8 Å². The van der Waals surface area contributed by atoms with Crippen molar-refractivity contribution in [3.05, 3.63) is 0 Å². The van der Waals surface area contributed by atoms with E-state index in [2.05, 4.69) is 27.8 Å². The first kappa shape index (κ1) is 18.2. The first-order chi connectivity index (χ1) is 7.18. The van der Waals surface area contributed by atoms with Crippen molar-refractivity contribution in [1.82, 2.24) is 0 Å². The summed E-state index contributed by atoms with van der Waals surface area (Å²) in [5, 5.41) is 0. The van der Waals surface area contributed by atoms with Gasteiger partial charge in [0.05, 0.1) is 26.7 Å². The van der Waals surface area contributed by atoms with Gasteiger partial charge in [0.25, 0.3) is 0 Å². The Bertz CT molecular complexity index is 227. The molecule has 0 aliphatic rings. The Hall–Kier alpha value is -0.170. The summed E-state index contributed by atoms with van der Waals surface area (Å²) in [6, 6.07) is 0. The summed E-state index contributed by atoms with van der Waals surface area (Å²) in [5.74, 6) is 0. The molecule has 5 nitrogen and oxygen atoms in total. The zero-order valence-corrected chi connectivity index (χ0v) is 11.6. The van der Waals surface area contributed by atoms with Crippen LogP contribution in [-0.2, 0) is 10.4 Å². The Morgan fingerprint density at radius 1 is 1.00 bits per heavy atom. The van der Waals surface area contributed by atoms with Gasteiger partial charge in [0, 0.05) is 0 Å². The molecule has 0 saturated heterocycles. The molecule has 0 unspecified atom stereocenters. The molecule has 0 atom stereocenters. The number of hydrogen-bond acceptors (Lipinski definition) is 3. The van der Waals surface area contributed by atoms with Gasteiger partial charge in [0.1, 0.15) is 0 Å². The summed E-state index contributed by atoms with van der Waals surface area (Å²) >= 11 is 0. The van der Waals surface area contributed by atoms with Crippen LogP contribution in [0.4, 0.5) is 0 Å². The molecule has 0 aliphatic carbocycles. The first-order valence-corrected chi connectivity index (χ1v) is 7.06. The van der Waals surface area contributed by atoms with Gasteiger partial charge in [-0.15, -0.1) is 0 Å². The molecule has 6 heteroatoms. The van der Waals surface area contributed by atoms with Crippen LogP contribution >= 0.6 is 0 Å².